The molecule has 1 atom stereocenters. The van der Waals surface area contributed by atoms with Crippen molar-refractivity contribution in [3.05, 3.63) is 11.9 Å². The number of nitrogens with zero attached hydrogens (tertiary/aromatic N) is 3. The third-order valence-electron chi connectivity index (χ3n) is 3.43. The summed E-state index contributed by atoms with van der Waals surface area (Å²) in [6.07, 6.45) is 4.81. The maximum absolute atomic E-state index is 4.42. The second kappa shape index (κ2) is 8.74. The molecule has 0 aliphatic carbocycles. The van der Waals surface area contributed by atoms with E-state index in [1.165, 1.54) is 5.56 Å². The van der Waals surface area contributed by atoms with Crippen LogP contribution in [0.4, 0.5) is 11.6 Å². The number of likely N-dealkylation sites (N-methyl/N-ethyl adjacent to an activating group) is 1. The fourth-order valence-corrected chi connectivity index (χ4v) is 1.87. The molecule has 114 valence electrons. The summed E-state index contributed by atoms with van der Waals surface area (Å²) in [5, 5.41) is 6.86. The second-order valence-electron chi connectivity index (χ2n) is 5.42. The van der Waals surface area contributed by atoms with Crippen molar-refractivity contribution < 1.29 is 0 Å². The molecule has 0 bridgehead atoms. The first-order valence-corrected chi connectivity index (χ1v) is 7.58. The Bertz CT molecular complexity index is 392. The summed E-state index contributed by atoms with van der Waals surface area (Å²) in [6, 6.07) is 0.464. The summed E-state index contributed by atoms with van der Waals surface area (Å²) in [7, 11) is 4.18. The monoisotopic (exact) mass is 279 g/mol. The van der Waals surface area contributed by atoms with E-state index in [1.54, 1.807) is 6.33 Å². The maximum atomic E-state index is 4.42. The lowest BCUT2D eigenvalue weighted by Crippen LogP contribution is -2.32. The maximum Gasteiger partial charge on any atom is 0.134 e. The Morgan fingerprint density at radius 1 is 1.10 bits per heavy atom. The molecule has 5 heteroatoms. The molecule has 2 N–H and O–H groups in total. The quantitative estimate of drug-likeness (QED) is 0.728. The molecule has 0 saturated carbocycles. The van der Waals surface area contributed by atoms with E-state index in [0.717, 1.165) is 44.0 Å². The van der Waals surface area contributed by atoms with Gasteiger partial charge in [0.1, 0.15) is 18.0 Å². The van der Waals surface area contributed by atoms with Crippen LogP contribution in [0.15, 0.2) is 6.33 Å². The lowest BCUT2D eigenvalue weighted by atomic mass is 10.1. The highest BCUT2D eigenvalue weighted by Crippen LogP contribution is 2.21. The zero-order valence-corrected chi connectivity index (χ0v) is 13.5. The number of nitrogens with one attached hydrogen (secondary N) is 2. The van der Waals surface area contributed by atoms with Gasteiger partial charge in [-0.2, -0.15) is 0 Å². The van der Waals surface area contributed by atoms with Gasteiger partial charge in [-0.05, 0) is 33.9 Å². The molecular formula is C15H29N5. The van der Waals surface area contributed by atoms with Gasteiger partial charge in [-0.25, -0.2) is 9.97 Å². The van der Waals surface area contributed by atoms with Crippen LogP contribution < -0.4 is 10.6 Å². The highest BCUT2D eigenvalue weighted by atomic mass is 15.1. The standard InChI is InChI=1S/C15H29N5/c1-6-8-13-14(16-9-7-2)18-11-19-15(13)17-10-12(3)20(4)5/h11-12H,6-10H2,1-5H3,(H2,16,17,18,19). The molecule has 0 aromatic carbocycles. The number of rotatable bonds is 9. The van der Waals surface area contributed by atoms with Crippen LogP contribution in [0.2, 0.25) is 0 Å². The molecule has 20 heavy (non-hydrogen) atoms. The second-order valence-corrected chi connectivity index (χ2v) is 5.42. The molecule has 0 aliphatic rings. The van der Waals surface area contributed by atoms with E-state index in [-0.39, 0.29) is 0 Å². The van der Waals surface area contributed by atoms with Crippen molar-refractivity contribution in [2.45, 2.75) is 46.1 Å². The van der Waals surface area contributed by atoms with Crippen molar-refractivity contribution in [1.82, 2.24) is 14.9 Å². The molecule has 1 aromatic heterocycles. The van der Waals surface area contributed by atoms with Gasteiger partial charge in [0.25, 0.3) is 0 Å². The van der Waals surface area contributed by atoms with Crippen LogP contribution in [-0.4, -0.2) is 48.1 Å². The molecule has 0 fully saturated rings. The Balaban J connectivity index is 2.82. The first-order valence-electron chi connectivity index (χ1n) is 7.58. The number of hydrogen-bond donors (Lipinski definition) is 2. The third kappa shape index (κ3) is 4.96. The topological polar surface area (TPSA) is 53.1 Å². The molecule has 1 unspecified atom stereocenters. The number of hydrogen-bond acceptors (Lipinski definition) is 5. The van der Waals surface area contributed by atoms with Gasteiger partial charge in [0.15, 0.2) is 0 Å². The molecule has 0 aliphatic heterocycles. The summed E-state index contributed by atoms with van der Waals surface area (Å²) in [6.45, 7) is 8.37. The summed E-state index contributed by atoms with van der Waals surface area (Å²) in [4.78, 5) is 11.0. The minimum atomic E-state index is 0.464. The van der Waals surface area contributed by atoms with Gasteiger partial charge in [-0.3, -0.25) is 0 Å². The SMILES string of the molecule is CCCNc1ncnc(NCC(C)N(C)C)c1CCC. The van der Waals surface area contributed by atoms with Gasteiger partial charge in [-0.15, -0.1) is 0 Å². The van der Waals surface area contributed by atoms with Crippen LogP contribution >= 0.6 is 0 Å². The molecule has 0 spiro atoms. The number of aromatic nitrogens is 2. The van der Waals surface area contributed by atoms with Crippen LogP contribution in [0, 0.1) is 0 Å². The summed E-state index contributed by atoms with van der Waals surface area (Å²) < 4.78 is 0. The molecule has 5 nitrogen and oxygen atoms in total. The summed E-state index contributed by atoms with van der Waals surface area (Å²) in [5.74, 6) is 1.94. The van der Waals surface area contributed by atoms with E-state index < -0.39 is 0 Å². The smallest absolute Gasteiger partial charge is 0.134 e. The Kier molecular flexibility index (Phi) is 7.30. The van der Waals surface area contributed by atoms with Gasteiger partial charge < -0.3 is 15.5 Å². The average Bonchev–Trinajstić information content (AvgIpc) is 2.44. The molecule has 1 heterocycles. The predicted molar refractivity (Wildman–Crippen MR) is 86.4 cm³/mol. The van der Waals surface area contributed by atoms with Crippen molar-refractivity contribution in [3.63, 3.8) is 0 Å². The summed E-state index contributed by atoms with van der Waals surface area (Å²) >= 11 is 0. The Morgan fingerprint density at radius 2 is 1.75 bits per heavy atom. The van der Waals surface area contributed by atoms with E-state index in [1.807, 2.05) is 0 Å². The zero-order valence-electron chi connectivity index (χ0n) is 13.5. The minimum absolute atomic E-state index is 0.464. The molecule has 1 rings (SSSR count). The van der Waals surface area contributed by atoms with Gasteiger partial charge in [0.05, 0.1) is 0 Å². The lowest BCUT2D eigenvalue weighted by Gasteiger charge is -2.21. The molecule has 0 saturated heterocycles. The largest absolute Gasteiger partial charge is 0.370 e. The van der Waals surface area contributed by atoms with Gasteiger partial charge in [0.2, 0.25) is 0 Å². The molecule has 1 aromatic rings. The average molecular weight is 279 g/mol. The number of anilines is 2. The van der Waals surface area contributed by atoms with Crippen LogP contribution in [0.25, 0.3) is 0 Å². The zero-order chi connectivity index (χ0) is 15.0. The van der Waals surface area contributed by atoms with Crippen molar-refractivity contribution in [2.75, 3.05) is 37.8 Å². The van der Waals surface area contributed by atoms with E-state index in [0.29, 0.717) is 6.04 Å². The van der Waals surface area contributed by atoms with Crippen LogP contribution in [0.3, 0.4) is 0 Å². The normalized spacial score (nSPS) is 12.5. The van der Waals surface area contributed by atoms with E-state index in [4.69, 9.17) is 0 Å². The Labute approximate surface area is 123 Å². The molecule has 0 radical (unpaired) electrons. The molecular weight excluding hydrogens is 250 g/mol. The van der Waals surface area contributed by atoms with Gasteiger partial charge in [0, 0.05) is 24.7 Å². The van der Waals surface area contributed by atoms with Gasteiger partial charge >= 0.3 is 0 Å². The van der Waals surface area contributed by atoms with Crippen LogP contribution in [-0.2, 0) is 6.42 Å². The third-order valence-corrected chi connectivity index (χ3v) is 3.43. The fraction of sp³-hybridized carbons (Fsp3) is 0.733. The Hall–Kier alpha value is -1.36. The van der Waals surface area contributed by atoms with Crippen molar-refractivity contribution in [1.29, 1.82) is 0 Å². The summed E-state index contributed by atoms with van der Waals surface area (Å²) in [5.41, 5.74) is 1.20. The van der Waals surface area contributed by atoms with Crippen LogP contribution in [0.5, 0.6) is 0 Å². The van der Waals surface area contributed by atoms with E-state index >= 15 is 0 Å². The Morgan fingerprint density at radius 3 is 2.30 bits per heavy atom. The van der Waals surface area contributed by atoms with E-state index in [2.05, 4.69) is 60.4 Å². The van der Waals surface area contributed by atoms with Gasteiger partial charge in [-0.1, -0.05) is 20.3 Å². The minimum Gasteiger partial charge on any atom is -0.370 e. The first-order chi connectivity index (χ1) is 9.60. The van der Waals surface area contributed by atoms with Crippen LogP contribution in [0.1, 0.15) is 39.2 Å². The van der Waals surface area contributed by atoms with Crippen molar-refractivity contribution in [2.24, 2.45) is 0 Å². The first kappa shape index (κ1) is 16.7. The van der Waals surface area contributed by atoms with Crippen molar-refractivity contribution in [3.8, 4) is 0 Å². The highest BCUT2D eigenvalue weighted by Gasteiger charge is 2.12. The predicted octanol–water partition coefficient (Wildman–Crippen LogP) is 2.61. The fourth-order valence-electron chi connectivity index (χ4n) is 1.87. The molecule has 0 amide bonds. The highest BCUT2D eigenvalue weighted by molar-refractivity contribution is 5.57. The lowest BCUT2D eigenvalue weighted by molar-refractivity contribution is 0.326. The van der Waals surface area contributed by atoms with E-state index in [9.17, 15) is 0 Å². The van der Waals surface area contributed by atoms with Crippen molar-refractivity contribution >= 4 is 11.6 Å².